The fourth-order valence-electron chi connectivity index (χ4n) is 16.2. The lowest BCUT2D eigenvalue weighted by Crippen LogP contribution is -2.05. The van der Waals surface area contributed by atoms with Gasteiger partial charge < -0.3 is 18.1 Å². The van der Waals surface area contributed by atoms with Gasteiger partial charge in [-0.3, -0.25) is 0 Å². The maximum Gasteiger partial charge on any atom is 0.160 e. The summed E-state index contributed by atoms with van der Waals surface area (Å²) in [5.74, 6) is 0.535. The minimum atomic E-state index is 0.460. The van der Waals surface area contributed by atoms with Gasteiger partial charge in [0.1, 0.15) is 17.2 Å². The van der Waals surface area contributed by atoms with E-state index in [-0.39, 0.29) is 0 Å². The van der Waals surface area contributed by atoms with E-state index in [9.17, 15) is 5.26 Å². The largest absolute Gasteiger partial charge is 0.455 e. The van der Waals surface area contributed by atoms with Gasteiger partial charge in [0.25, 0.3) is 0 Å². The zero-order chi connectivity index (χ0) is 68.6. The number of para-hydroxylation sites is 2. The molecule has 0 amide bonds. The van der Waals surface area contributed by atoms with Crippen molar-refractivity contribution in [1.29, 1.82) is 5.26 Å². The number of hydrogen-bond acceptors (Lipinski definition) is 4. The van der Waals surface area contributed by atoms with Crippen molar-refractivity contribution in [3.63, 3.8) is 0 Å². The molecule has 19 rings (SSSR count). The maximum atomic E-state index is 12.9. The number of furan rings is 1. The van der Waals surface area contributed by atoms with Gasteiger partial charge in [-0.2, -0.15) is 5.26 Å². The molecule has 5 aromatic heterocycles. The smallest absolute Gasteiger partial charge is 0.160 e. The first-order valence-corrected chi connectivity index (χ1v) is 34.9. The van der Waals surface area contributed by atoms with Crippen molar-refractivity contribution in [1.82, 2.24) is 23.7 Å². The second-order valence-electron chi connectivity index (χ2n) is 27.6. The van der Waals surface area contributed by atoms with E-state index >= 15 is 0 Å². The Kier molecular flexibility index (Phi) is 13.8. The molecule has 482 valence electrons. The molecular formula is C95H66N6O. The standard InChI is InChI=1S/C95H66N6O/c1-56-24-42-82-73(48-56)74-49-57(2)25-43-83(74)99(82)67-36-30-63(31-37-67)89-79(55-96)92(81-54-80(62-16-9-7-10-17-62)97-95(98-81)66-18-11-8-12-19-66)91(65-34-40-69(41-35-65)101-86-46-28-60(5)52-77(86)78-53-61(6)29-47-87(78)101)93(72-22-15-21-71-70-20-13-14-23-88(70)102-94(71)72)90(89)64-32-38-68(39-33-64)100-84-44-26-58(3)50-75(84)76-51-59(4)27-45-85(76)100/h7-54H,1-6H3. The van der Waals surface area contributed by atoms with Crippen molar-refractivity contribution < 1.29 is 4.42 Å². The lowest BCUT2D eigenvalue weighted by Gasteiger charge is -2.26. The summed E-state index contributed by atoms with van der Waals surface area (Å²) in [6.45, 7) is 13.0. The lowest BCUT2D eigenvalue weighted by molar-refractivity contribution is 0.670. The summed E-state index contributed by atoms with van der Waals surface area (Å²) in [5.41, 5.74) is 29.6. The molecule has 7 nitrogen and oxygen atoms in total. The van der Waals surface area contributed by atoms with E-state index in [0.717, 1.165) is 133 Å². The topological polar surface area (TPSA) is 77.5 Å². The number of nitrogens with zero attached hydrogens (tertiary/aromatic N) is 6. The molecule has 0 aliphatic rings. The third-order valence-electron chi connectivity index (χ3n) is 20.8. The molecule has 14 aromatic carbocycles. The number of rotatable bonds is 10. The van der Waals surface area contributed by atoms with Crippen LogP contribution in [0.3, 0.4) is 0 Å². The van der Waals surface area contributed by atoms with Crippen molar-refractivity contribution in [3.8, 4) is 102 Å². The maximum absolute atomic E-state index is 12.9. The minimum Gasteiger partial charge on any atom is -0.455 e. The first-order valence-electron chi connectivity index (χ1n) is 34.9. The number of aromatic nitrogens is 5. The molecule has 0 fully saturated rings. The summed E-state index contributed by atoms with van der Waals surface area (Å²) < 4.78 is 14.4. The Morgan fingerprint density at radius 1 is 0.284 bits per heavy atom. The monoisotopic (exact) mass is 1310 g/mol. The molecule has 102 heavy (non-hydrogen) atoms. The molecule has 0 saturated heterocycles. The first-order chi connectivity index (χ1) is 50.0. The highest BCUT2D eigenvalue weighted by atomic mass is 16.3. The third-order valence-corrected chi connectivity index (χ3v) is 20.8. The molecule has 0 aliphatic heterocycles. The van der Waals surface area contributed by atoms with Crippen LogP contribution in [-0.4, -0.2) is 23.7 Å². The van der Waals surface area contributed by atoms with Gasteiger partial charge in [-0.1, -0.05) is 203 Å². The zero-order valence-corrected chi connectivity index (χ0v) is 57.3. The van der Waals surface area contributed by atoms with E-state index in [4.69, 9.17) is 14.4 Å². The number of hydrogen-bond donors (Lipinski definition) is 0. The van der Waals surface area contributed by atoms with E-state index in [1.54, 1.807) is 0 Å². The van der Waals surface area contributed by atoms with Crippen molar-refractivity contribution in [2.24, 2.45) is 0 Å². The Morgan fingerprint density at radius 3 is 1.07 bits per heavy atom. The second-order valence-corrected chi connectivity index (χ2v) is 27.6. The Labute approximate surface area is 590 Å². The quantitative estimate of drug-likeness (QED) is 0.137. The molecule has 0 aliphatic carbocycles. The Balaban J connectivity index is 0.966. The summed E-state index contributed by atoms with van der Waals surface area (Å²) in [5, 5.41) is 22.2. The SMILES string of the molecule is Cc1ccc2c(c1)c1cc(C)ccc1n2-c1ccc(-c2c(C#N)c(-c3cc(-c4ccccc4)nc(-c4ccccc4)n3)c(-c3ccc(-n4c5ccc(C)cc5c5cc(C)ccc54)cc3)c(-c3cccc4c3oc3ccccc34)c2-c2ccc(-n3c4ccc(C)cc4c4cc(C)ccc43)cc2)cc1. The van der Waals surface area contributed by atoms with Gasteiger partial charge in [0.05, 0.1) is 50.1 Å². The van der Waals surface area contributed by atoms with Crippen molar-refractivity contribution in [2.75, 3.05) is 0 Å². The van der Waals surface area contributed by atoms with E-state index in [1.807, 2.05) is 42.5 Å². The normalized spacial score (nSPS) is 11.8. The second kappa shape index (κ2) is 23.5. The fourth-order valence-corrected chi connectivity index (χ4v) is 16.2. The Hall–Kier alpha value is -13.2. The fraction of sp³-hybridized carbons (Fsp3) is 0.0632. The van der Waals surface area contributed by atoms with Crippen LogP contribution in [0.4, 0.5) is 0 Å². The lowest BCUT2D eigenvalue weighted by atomic mass is 9.76. The Bertz CT molecular complexity index is 6480. The zero-order valence-electron chi connectivity index (χ0n) is 57.3. The van der Waals surface area contributed by atoms with Crippen molar-refractivity contribution >= 4 is 87.4 Å². The van der Waals surface area contributed by atoms with Crippen LogP contribution in [0, 0.1) is 52.9 Å². The number of benzene rings is 14. The number of nitriles is 1. The van der Waals surface area contributed by atoms with Gasteiger partial charge in [-0.15, -0.1) is 0 Å². The average molecular weight is 1310 g/mol. The van der Waals surface area contributed by atoms with Gasteiger partial charge in [0, 0.05) is 99.1 Å². The van der Waals surface area contributed by atoms with Gasteiger partial charge >= 0.3 is 0 Å². The Morgan fingerprint density at radius 2 is 0.647 bits per heavy atom. The first kappa shape index (κ1) is 60.1. The van der Waals surface area contributed by atoms with E-state index in [0.29, 0.717) is 22.6 Å². The van der Waals surface area contributed by atoms with E-state index in [2.05, 4.69) is 310 Å². The molecule has 0 unspecified atom stereocenters. The molecule has 19 aromatic rings. The summed E-state index contributed by atoms with van der Waals surface area (Å²) in [7, 11) is 0. The molecule has 5 heterocycles. The molecular weight excluding hydrogens is 1240 g/mol. The van der Waals surface area contributed by atoms with Crippen molar-refractivity contribution in [3.05, 3.63) is 330 Å². The average Bonchev–Trinajstić information content (AvgIpc) is 0.760. The van der Waals surface area contributed by atoms with Gasteiger partial charge in [-0.25, -0.2) is 9.97 Å². The van der Waals surface area contributed by atoms with Crippen LogP contribution in [0.2, 0.25) is 0 Å². The summed E-state index contributed by atoms with van der Waals surface area (Å²) >= 11 is 0. The van der Waals surface area contributed by atoms with Crippen LogP contribution in [0.25, 0.3) is 183 Å². The van der Waals surface area contributed by atoms with Crippen LogP contribution < -0.4 is 0 Å². The predicted molar refractivity (Wildman–Crippen MR) is 424 cm³/mol. The van der Waals surface area contributed by atoms with E-state index in [1.165, 1.54) is 65.7 Å². The molecule has 7 heteroatoms. The molecule has 0 spiro atoms. The van der Waals surface area contributed by atoms with Gasteiger partial charge in [0.2, 0.25) is 0 Å². The van der Waals surface area contributed by atoms with Crippen molar-refractivity contribution in [2.45, 2.75) is 41.5 Å². The van der Waals surface area contributed by atoms with Crippen LogP contribution >= 0.6 is 0 Å². The van der Waals surface area contributed by atoms with Gasteiger partial charge in [-0.05, 0) is 185 Å². The number of aryl methyl sites for hydroxylation is 6. The van der Waals surface area contributed by atoms with Crippen LogP contribution in [0.1, 0.15) is 38.9 Å². The summed E-state index contributed by atoms with van der Waals surface area (Å²) in [6.07, 6.45) is 0. The van der Waals surface area contributed by atoms with Crippen LogP contribution in [0.15, 0.2) is 296 Å². The van der Waals surface area contributed by atoms with E-state index < -0.39 is 0 Å². The van der Waals surface area contributed by atoms with Gasteiger partial charge in [0.15, 0.2) is 5.82 Å². The summed E-state index contributed by atoms with van der Waals surface area (Å²) in [6, 6.07) is 108. The third kappa shape index (κ3) is 9.63. The molecule has 0 saturated carbocycles. The van der Waals surface area contributed by atoms with Crippen LogP contribution in [-0.2, 0) is 0 Å². The molecule has 0 bridgehead atoms. The van der Waals surface area contributed by atoms with Crippen LogP contribution in [0.5, 0.6) is 0 Å². The number of fused-ring (bicyclic) bond motifs is 12. The molecule has 0 atom stereocenters. The minimum absolute atomic E-state index is 0.460. The highest BCUT2D eigenvalue weighted by Crippen LogP contribution is 2.55. The predicted octanol–water partition coefficient (Wildman–Crippen LogP) is 25.1. The summed E-state index contributed by atoms with van der Waals surface area (Å²) in [4.78, 5) is 11.1. The highest BCUT2D eigenvalue weighted by molar-refractivity contribution is 6.18. The molecule has 0 radical (unpaired) electrons. The molecule has 0 N–H and O–H groups in total. The highest BCUT2D eigenvalue weighted by Gasteiger charge is 2.32.